The molecule has 5 nitrogen and oxygen atoms in total. The van der Waals surface area contributed by atoms with Crippen LogP contribution in [0.3, 0.4) is 0 Å². The van der Waals surface area contributed by atoms with E-state index in [4.69, 9.17) is 0 Å². The maximum Gasteiger partial charge on any atom is 0.272 e. The number of piperidine rings is 1. The van der Waals surface area contributed by atoms with Gasteiger partial charge in [-0.1, -0.05) is 37.3 Å². The number of aromatic nitrogens is 2. The number of carbonyl (C=O) groups excluding carboxylic acids is 1. The van der Waals surface area contributed by atoms with Gasteiger partial charge in [0.05, 0.1) is 0 Å². The van der Waals surface area contributed by atoms with Gasteiger partial charge >= 0.3 is 0 Å². The molecule has 1 unspecified atom stereocenters. The summed E-state index contributed by atoms with van der Waals surface area (Å²) in [5.74, 6) is 1.28. The fourth-order valence-electron chi connectivity index (χ4n) is 3.56. The monoisotopic (exact) mass is 366 g/mol. The first-order valence-corrected chi connectivity index (χ1v) is 9.91. The summed E-state index contributed by atoms with van der Waals surface area (Å²) >= 11 is 0. The van der Waals surface area contributed by atoms with E-state index < -0.39 is 0 Å². The predicted octanol–water partition coefficient (Wildman–Crippen LogP) is 4.76. The predicted molar refractivity (Wildman–Crippen MR) is 110 cm³/mol. The lowest BCUT2D eigenvalue weighted by molar-refractivity contribution is 0.0602. The molecule has 1 amide bonds. The fourth-order valence-corrected chi connectivity index (χ4v) is 3.56. The minimum absolute atomic E-state index is 0.0121. The molecule has 1 fully saturated rings. The highest BCUT2D eigenvalue weighted by molar-refractivity contribution is 5.93. The highest BCUT2D eigenvalue weighted by Crippen LogP contribution is 2.24. The van der Waals surface area contributed by atoms with Crippen molar-refractivity contribution in [1.82, 2.24) is 14.9 Å². The summed E-state index contributed by atoms with van der Waals surface area (Å²) < 4.78 is 0. The summed E-state index contributed by atoms with van der Waals surface area (Å²) in [6.45, 7) is 9.20. The zero-order valence-electron chi connectivity index (χ0n) is 16.8. The lowest BCUT2D eigenvalue weighted by Gasteiger charge is -2.35. The Morgan fingerprint density at radius 1 is 1.19 bits per heavy atom. The Kier molecular flexibility index (Phi) is 5.78. The number of nitrogens with one attached hydrogen (secondary N) is 1. The maximum atomic E-state index is 13.3. The number of benzene rings is 1. The Morgan fingerprint density at radius 2 is 1.93 bits per heavy atom. The summed E-state index contributed by atoms with van der Waals surface area (Å²) in [5.41, 5.74) is 1.23. The summed E-state index contributed by atoms with van der Waals surface area (Å²) in [4.78, 5) is 24.6. The van der Waals surface area contributed by atoms with Gasteiger partial charge in [0.1, 0.15) is 11.5 Å². The van der Waals surface area contributed by atoms with Crippen molar-refractivity contribution < 1.29 is 4.79 Å². The molecule has 0 saturated carbocycles. The zero-order chi connectivity index (χ0) is 19.4. The molecule has 2 aromatic rings. The molecule has 1 aromatic carbocycles. The lowest BCUT2D eigenvalue weighted by atomic mass is 9.99. The number of hydrogen-bond donors (Lipinski definition) is 1. The standard InChI is InChI=1S/C22H30N4O/c1-5-17-13-9-10-14-26(17)21(27)18-15-19(25-22(2,3)4)24-20(23-18)16-11-7-6-8-12-16/h6-8,11-12,15,17H,5,9-10,13-14H2,1-4H3,(H,23,24,25). The molecule has 5 heteroatoms. The Bertz CT molecular complexity index is 783. The summed E-state index contributed by atoms with van der Waals surface area (Å²) in [6.07, 6.45) is 4.31. The van der Waals surface area contributed by atoms with Gasteiger partial charge in [-0.25, -0.2) is 9.97 Å². The van der Waals surface area contributed by atoms with Gasteiger partial charge < -0.3 is 10.2 Å². The van der Waals surface area contributed by atoms with Gasteiger partial charge in [0.15, 0.2) is 5.82 Å². The molecule has 0 bridgehead atoms. The smallest absolute Gasteiger partial charge is 0.272 e. The molecule has 144 valence electrons. The molecule has 0 aliphatic carbocycles. The van der Waals surface area contributed by atoms with E-state index in [1.165, 1.54) is 6.42 Å². The average molecular weight is 367 g/mol. The average Bonchev–Trinajstić information content (AvgIpc) is 2.66. The van der Waals surface area contributed by atoms with Crippen LogP contribution in [-0.4, -0.2) is 38.9 Å². The third-order valence-electron chi connectivity index (χ3n) is 4.84. The van der Waals surface area contributed by atoms with Crippen molar-refractivity contribution in [2.75, 3.05) is 11.9 Å². The molecule has 27 heavy (non-hydrogen) atoms. The largest absolute Gasteiger partial charge is 0.365 e. The molecule has 0 spiro atoms. The first kappa shape index (κ1) is 19.3. The van der Waals surface area contributed by atoms with Crippen LogP contribution in [0.4, 0.5) is 5.82 Å². The minimum Gasteiger partial charge on any atom is -0.365 e. The van der Waals surface area contributed by atoms with Crippen LogP contribution in [0.25, 0.3) is 11.4 Å². The van der Waals surface area contributed by atoms with Crippen LogP contribution < -0.4 is 5.32 Å². The van der Waals surface area contributed by atoms with Gasteiger partial charge in [-0.05, 0) is 46.5 Å². The van der Waals surface area contributed by atoms with Gasteiger partial charge in [-0.3, -0.25) is 4.79 Å². The van der Waals surface area contributed by atoms with Crippen molar-refractivity contribution in [3.63, 3.8) is 0 Å². The second-order valence-corrected chi connectivity index (χ2v) is 8.26. The molecule has 1 atom stereocenters. The number of anilines is 1. The van der Waals surface area contributed by atoms with Crippen LogP contribution >= 0.6 is 0 Å². The van der Waals surface area contributed by atoms with E-state index in [1.807, 2.05) is 35.2 Å². The number of carbonyl (C=O) groups is 1. The molecular weight excluding hydrogens is 336 g/mol. The Hall–Kier alpha value is -2.43. The quantitative estimate of drug-likeness (QED) is 0.848. The van der Waals surface area contributed by atoms with E-state index in [2.05, 4.69) is 43.0 Å². The topological polar surface area (TPSA) is 58.1 Å². The number of likely N-dealkylation sites (tertiary alicyclic amines) is 1. The first-order chi connectivity index (χ1) is 12.9. The highest BCUT2D eigenvalue weighted by atomic mass is 16.2. The van der Waals surface area contributed by atoms with Crippen molar-refractivity contribution in [3.8, 4) is 11.4 Å². The van der Waals surface area contributed by atoms with E-state index >= 15 is 0 Å². The zero-order valence-corrected chi connectivity index (χ0v) is 16.8. The van der Waals surface area contributed by atoms with Gasteiger partial charge in [0.2, 0.25) is 0 Å². The van der Waals surface area contributed by atoms with Crippen molar-refractivity contribution in [2.24, 2.45) is 0 Å². The van der Waals surface area contributed by atoms with Crippen LogP contribution in [0.2, 0.25) is 0 Å². The highest BCUT2D eigenvalue weighted by Gasteiger charge is 2.28. The second kappa shape index (κ2) is 8.07. The van der Waals surface area contributed by atoms with E-state index in [9.17, 15) is 4.79 Å². The summed E-state index contributed by atoms with van der Waals surface area (Å²) in [7, 11) is 0. The Morgan fingerprint density at radius 3 is 2.59 bits per heavy atom. The fraction of sp³-hybridized carbons (Fsp3) is 0.500. The number of rotatable bonds is 4. The van der Waals surface area contributed by atoms with Crippen LogP contribution in [0.15, 0.2) is 36.4 Å². The molecule has 0 radical (unpaired) electrons. The molecular formula is C22H30N4O. The maximum absolute atomic E-state index is 13.3. The first-order valence-electron chi connectivity index (χ1n) is 9.91. The molecule has 2 heterocycles. The SMILES string of the molecule is CCC1CCCCN1C(=O)c1cc(NC(C)(C)C)nc(-c2ccccc2)n1. The molecule has 1 N–H and O–H groups in total. The van der Waals surface area contributed by atoms with E-state index in [-0.39, 0.29) is 11.4 Å². The third-order valence-corrected chi connectivity index (χ3v) is 4.84. The van der Waals surface area contributed by atoms with Crippen molar-refractivity contribution in [2.45, 2.75) is 65.0 Å². The molecule has 1 aliphatic heterocycles. The van der Waals surface area contributed by atoms with Gasteiger partial charge in [0, 0.05) is 29.8 Å². The second-order valence-electron chi connectivity index (χ2n) is 8.26. The van der Waals surface area contributed by atoms with Gasteiger partial charge in [-0.2, -0.15) is 0 Å². The Labute approximate surface area is 162 Å². The van der Waals surface area contributed by atoms with Crippen molar-refractivity contribution in [1.29, 1.82) is 0 Å². The van der Waals surface area contributed by atoms with Gasteiger partial charge in [-0.15, -0.1) is 0 Å². The number of hydrogen-bond acceptors (Lipinski definition) is 4. The normalized spacial score (nSPS) is 17.6. The van der Waals surface area contributed by atoms with E-state index in [0.717, 1.165) is 31.4 Å². The molecule has 3 rings (SSSR count). The molecule has 1 saturated heterocycles. The van der Waals surface area contributed by atoms with Crippen LogP contribution in [0.5, 0.6) is 0 Å². The third kappa shape index (κ3) is 4.85. The van der Waals surface area contributed by atoms with Crippen molar-refractivity contribution in [3.05, 3.63) is 42.1 Å². The number of amides is 1. The summed E-state index contributed by atoms with van der Waals surface area (Å²) in [5, 5.41) is 3.39. The van der Waals surface area contributed by atoms with E-state index in [1.54, 1.807) is 6.07 Å². The van der Waals surface area contributed by atoms with Crippen LogP contribution in [-0.2, 0) is 0 Å². The Balaban J connectivity index is 2.00. The van der Waals surface area contributed by atoms with Crippen LogP contribution in [0.1, 0.15) is 63.9 Å². The van der Waals surface area contributed by atoms with Crippen LogP contribution in [0, 0.1) is 0 Å². The van der Waals surface area contributed by atoms with Crippen molar-refractivity contribution >= 4 is 11.7 Å². The van der Waals surface area contributed by atoms with E-state index in [0.29, 0.717) is 23.4 Å². The molecule has 1 aliphatic rings. The summed E-state index contributed by atoms with van der Waals surface area (Å²) in [6, 6.07) is 11.9. The lowest BCUT2D eigenvalue weighted by Crippen LogP contribution is -2.43. The van der Waals surface area contributed by atoms with Gasteiger partial charge in [0.25, 0.3) is 5.91 Å². The minimum atomic E-state index is -0.153. The molecule has 1 aromatic heterocycles. The number of nitrogens with zero attached hydrogens (tertiary/aromatic N) is 3.